The molecular formula is C38H51N7O4. The molecule has 1 aromatic carbocycles. The van der Waals surface area contributed by atoms with Crippen LogP contribution in [-0.4, -0.2) is 72.8 Å². The number of aromatic nitrogens is 4. The normalized spacial score (nSPS) is 25.4. The van der Waals surface area contributed by atoms with Gasteiger partial charge in [-0.15, -0.1) is 0 Å². The van der Waals surface area contributed by atoms with Crippen LogP contribution >= 0.6 is 0 Å². The van der Waals surface area contributed by atoms with Crippen LogP contribution in [0.3, 0.4) is 0 Å². The number of amides is 3. The van der Waals surface area contributed by atoms with Crippen molar-refractivity contribution in [2.24, 2.45) is 16.7 Å². The first-order valence-electron chi connectivity index (χ1n) is 17.9. The lowest BCUT2D eigenvalue weighted by Crippen LogP contribution is -2.51. The molecule has 2 bridgehead atoms. The number of carbonyl (C=O) groups excluding carboxylic acids is 4. The number of piperidine rings is 1. The molecule has 5 atom stereocenters. The third-order valence-corrected chi connectivity index (χ3v) is 10.8. The van der Waals surface area contributed by atoms with Gasteiger partial charge < -0.3 is 15.5 Å². The summed E-state index contributed by atoms with van der Waals surface area (Å²) in [6.07, 6.45) is 9.56. The Kier molecular flexibility index (Phi) is 9.41. The van der Waals surface area contributed by atoms with Crippen LogP contribution in [0.1, 0.15) is 108 Å². The summed E-state index contributed by atoms with van der Waals surface area (Å²) >= 11 is 0. The Bertz CT molecular complexity index is 1770. The van der Waals surface area contributed by atoms with E-state index in [1.165, 1.54) is 6.92 Å². The summed E-state index contributed by atoms with van der Waals surface area (Å²) in [5, 5.41) is 11.8. The van der Waals surface area contributed by atoms with Crippen molar-refractivity contribution in [2.45, 2.75) is 125 Å². The summed E-state index contributed by atoms with van der Waals surface area (Å²) in [5.74, 6) is 0.266. The van der Waals surface area contributed by atoms with E-state index in [-0.39, 0.29) is 58.9 Å². The van der Waals surface area contributed by atoms with Crippen LogP contribution in [-0.2, 0) is 27.3 Å². The highest BCUT2D eigenvalue weighted by Crippen LogP contribution is 2.64. The molecule has 1 aliphatic carbocycles. The van der Waals surface area contributed by atoms with Crippen molar-refractivity contribution in [1.82, 2.24) is 35.3 Å². The smallest absolute Gasteiger partial charge is 0.245 e. The van der Waals surface area contributed by atoms with Gasteiger partial charge in [0.25, 0.3) is 0 Å². The average molecular weight is 670 g/mol. The van der Waals surface area contributed by atoms with Gasteiger partial charge in [0.2, 0.25) is 17.7 Å². The Balaban J connectivity index is 1.41. The Labute approximate surface area is 289 Å². The van der Waals surface area contributed by atoms with Crippen LogP contribution in [0.15, 0.2) is 24.5 Å². The van der Waals surface area contributed by atoms with Gasteiger partial charge in [-0.2, -0.15) is 5.10 Å². The number of hydrogen-bond acceptors (Lipinski definition) is 7. The molecule has 1 saturated carbocycles. The van der Waals surface area contributed by atoms with Crippen LogP contribution in [0.2, 0.25) is 0 Å². The van der Waals surface area contributed by atoms with E-state index in [0.29, 0.717) is 42.7 Å². The fraction of sp³-hybridized carbons (Fsp3) is 0.605. The number of benzene rings is 1. The second-order valence-electron chi connectivity index (χ2n) is 16.0. The molecule has 2 aromatic heterocycles. The predicted octanol–water partition coefficient (Wildman–Crippen LogP) is 5.17. The molecule has 262 valence electrons. The molecule has 0 spiro atoms. The Morgan fingerprint density at radius 2 is 1.76 bits per heavy atom. The molecule has 3 aromatic rings. The van der Waals surface area contributed by atoms with Gasteiger partial charge in [-0.05, 0) is 80.5 Å². The molecule has 11 heteroatoms. The molecule has 2 fully saturated rings. The third kappa shape index (κ3) is 6.99. The van der Waals surface area contributed by atoms with Crippen molar-refractivity contribution in [3.05, 3.63) is 41.6 Å². The van der Waals surface area contributed by atoms with E-state index in [9.17, 15) is 19.2 Å². The maximum atomic E-state index is 14.5. The topological polar surface area (TPSA) is 139 Å². The quantitative estimate of drug-likeness (QED) is 0.357. The van der Waals surface area contributed by atoms with Gasteiger partial charge in [0, 0.05) is 60.7 Å². The number of hydrogen-bond donors (Lipinski definition) is 2. The van der Waals surface area contributed by atoms with Crippen molar-refractivity contribution in [3.8, 4) is 11.1 Å². The molecule has 49 heavy (non-hydrogen) atoms. The summed E-state index contributed by atoms with van der Waals surface area (Å²) in [4.78, 5) is 65.0. The number of carbonyl (C=O) groups is 4. The molecule has 1 saturated heterocycles. The maximum absolute atomic E-state index is 14.5. The SMILES string of the molecule is CC(=O)c1nn2c3c(cc(-c4cnc(C)nc4)cc13)CCCCCCC(=O)NC[C@@]13C[C@@H](C(=O)N[C@@H](C)CC(C)(C)C)N(C(=O)C2)C1C3C. The van der Waals surface area contributed by atoms with Gasteiger partial charge in [0.05, 0.1) is 5.52 Å². The number of aryl methyl sites for hydroxylation is 2. The van der Waals surface area contributed by atoms with Crippen LogP contribution in [0.4, 0.5) is 0 Å². The fourth-order valence-corrected chi connectivity index (χ4v) is 8.54. The molecule has 3 amide bonds. The van der Waals surface area contributed by atoms with Crippen LogP contribution in [0.25, 0.3) is 22.0 Å². The number of ketones is 1. The first-order chi connectivity index (χ1) is 23.2. The number of nitrogens with one attached hydrogen (secondary N) is 2. The van der Waals surface area contributed by atoms with Crippen LogP contribution in [0, 0.1) is 23.7 Å². The minimum Gasteiger partial charge on any atom is -0.355 e. The van der Waals surface area contributed by atoms with Crippen LogP contribution in [0.5, 0.6) is 0 Å². The van der Waals surface area contributed by atoms with Crippen molar-refractivity contribution < 1.29 is 19.2 Å². The molecule has 2 N–H and O–H groups in total. The molecule has 0 radical (unpaired) electrons. The summed E-state index contributed by atoms with van der Waals surface area (Å²) < 4.78 is 1.68. The predicted molar refractivity (Wildman–Crippen MR) is 188 cm³/mol. The van der Waals surface area contributed by atoms with E-state index in [4.69, 9.17) is 5.10 Å². The summed E-state index contributed by atoms with van der Waals surface area (Å²) in [6, 6.07) is 3.15. The minimum absolute atomic E-state index is 0.0211. The molecule has 4 heterocycles. The molecule has 11 nitrogen and oxygen atoms in total. The van der Waals surface area contributed by atoms with Gasteiger partial charge in [-0.1, -0.05) is 40.5 Å². The molecule has 6 rings (SSSR count). The fourth-order valence-electron chi connectivity index (χ4n) is 8.54. The van der Waals surface area contributed by atoms with Gasteiger partial charge in [-0.25, -0.2) is 9.97 Å². The maximum Gasteiger partial charge on any atom is 0.245 e. The van der Waals surface area contributed by atoms with Crippen LogP contribution < -0.4 is 10.6 Å². The zero-order valence-electron chi connectivity index (χ0n) is 30.1. The van der Waals surface area contributed by atoms with E-state index in [1.807, 2.05) is 19.9 Å². The summed E-state index contributed by atoms with van der Waals surface area (Å²) in [7, 11) is 0. The van der Waals surface area contributed by atoms with E-state index in [0.717, 1.165) is 54.3 Å². The Morgan fingerprint density at radius 1 is 1.06 bits per heavy atom. The molecule has 3 aliphatic rings. The van der Waals surface area contributed by atoms with Gasteiger partial charge in [0.15, 0.2) is 5.78 Å². The van der Waals surface area contributed by atoms with Crippen molar-refractivity contribution in [1.29, 1.82) is 0 Å². The third-order valence-electron chi connectivity index (χ3n) is 10.8. The lowest BCUT2D eigenvalue weighted by Gasteiger charge is -2.31. The second-order valence-corrected chi connectivity index (χ2v) is 16.0. The van der Waals surface area contributed by atoms with E-state index in [1.54, 1.807) is 22.0 Å². The molecular weight excluding hydrogens is 618 g/mol. The lowest BCUT2D eigenvalue weighted by molar-refractivity contribution is -0.141. The van der Waals surface area contributed by atoms with E-state index >= 15 is 0 Å². The highest BCUT2D eigenvalue weighted by atomic mass is 16.2. The number of Topliss-reactive ketones (excluding diaryl/α,β-unsaturated/α-hetero) is 1. The monoisotopic (exact) mass is 669 g/mol. The van der Waals surface area contributed by atoms with Gasteiger partial charge in [0.1, 0.15) is 24.1 Å². The Hall–Kier alpha value is -4.15. The largest absolute Gasteiger partial charge is 0.355 e. The van der Waals surface area contributed by atoms with Gasteiger partial charge >= 0.3 is 0 Å². The lowest BCUT2D eigenvalue weighted by atomic mass is 9.88. The minimum atomic E-state index is -0.659. The van der Waals surface area contributed by atoms with Crippen molar-refractivity contribution in [2.75, 3.05) is 6.54 Å². The highest BCUT2D eigenvalue weighted by molar-refractivity contribution is 6.07. The van der Waals surface area contributed by atoms with Gasteiger partial charge in [-0.3, -0.25) is 23.9 Å². The number of rotatable bonds is 5. The highest BCUT2D eigenvalue weighted by Gasteiger charge is 2.72. The summed E-state index contributed by atoms with van der Waals surface area (Å²) in [5.41, 5.74) is 3.47. The first kappa shape index (κ1) is 34.7. The van der Waals surface area contributed by atoms with Crippen molar-refractivity contribution in [3.63, 3.8) is 0 Å². The zero-order chi connectivity index (χ0) is 35.2. The van der Waals surface area contributed by atoms with E-state index in [2.05, 4.69) is 54.4 Å². The standard InChI is InChI=1S/C38H51N7O4/c1-22(16-37(5,6)7)42-36(49)30-17-38-21-41-31(47)13-11-9-8-10-12-26-14-27(28-18-39-25(4)40-19-28)15-29-33(24(3)46)43-44(34(26)29)20-32(48)45(30)35(38)23(38)2/h14-15,18-19,22-23,30,35H,8-13,16-17,20-21H2,1-7H3,(H,41,47)(H,42,49)/t22-,23?,30-,35?,38+/m0/s1. The van der Waals surface area contributed by atoms with Crippen molar-refractivity contribution >= 4 is 34.4 Å². The molecule has 2 aliphatic heterocycles. The average Bonchev–Trinajstić information content (AvgIpc) is 3.29. The summed E-state index contributed by atoms with van der Waals surface area (Å²) in [6.45, 7) is 14.2. The first-order valence-corrected chi connectivity index (χ1v) is 17.9. The second kappa shape index (κ2) is 13.3. The van der Waals surface area contributed by atoms with E-state index < -0.39 is 6.04 Å². The Morgan fingerprint density at radius 3 is 2.43 bits per heavy atom. The number of nitrogens with zero attached hydrogens (tertiary/aromatic N) is 5. The molecule has 2 unspecified atom stereocenters. The zero-order valence-corrected chi connectivity index (χ0v) is 30.1.